The molecule has 6 heteroatoms. The number of pyridine rings is 1. The summed E-state index contributed by atoms with van der Waals surface area (Å²) < 4.78 is 0. The van der Waals surface area contributed by atoms with Gasteiger partial charge in [-0.3, -0.25) is 9.99 Å². The van der Waals surface area contributed by atoms with Crippen molar-refractivity contribution in [3.05, 3.63) is 138 Å². The van der Waals surface area contributed by atoms with Gasteiger partial charge in [-0.05, 0) is 58.9 Å². The Kier molecular flexibility index (Phi) is 9.05. The first-order valence-electron chi connectivity index (χ1n) is 12.6. The minimum atomic E-state index is 0.546. The summed E-state index contributed by atoms with van der Waals surface area (Å²) in [6.07, 6.45) is 8.06. The topological polar surface area (TPSA) is 83.8 Å². The quantitative estimate of drug-likeness (QED) is 0.151. The van der Waals surface area contributed by atoms with Gasteiger partial charge in [0.25, 0.3) is 0 Å². The van der Waals surface area contributed by atoms with Crippen molar-refractivity contribution in [3.63, 3.8) is 0 Å². The maximum atomic E-state index is 6.16. The third kappa shape index (κ3) is 7.18. The molecule has 4 aromatic rings. The Morgan fingerprint density at radius 3 is 2.32 bits per heavy atom. The van der Waals surface area contributed by atoms with Gasteiger partial charge < -0.3 is 10.7 Å². The molecule has 0 spiro atoms. The summed E-state index contributed by atoms with van der Waals surface area (Å²) in [5.74, 6) is 6.16. The number of benzene rings is 3. The van der Waals surface area contributed by atoms with Crippen LogP contribution < -0.4 is 11.6 Å². The minimum absolute atomic E-state index is 0.546. The summed E-state index contributed by atoms with van der Waals surface area (Å²) in [5, 5.41) is 7.73. The van der Waals surface area contributed by atoms with Gasteiger partial charge in [-0.25, -0.2) is 5.84 Å². The fourth-order valence-corrected chi connectivity index (χ4v) is 4.26. The molecule has 192 valence electrons. The molecule has 1 heterocycles. The van der Waals surface area contributed by atoms with Gasteiger partial charge in [-0.2, -0.15) is 5.10 Å². The Bertz CT molecular complexity index is 1380. The predicted octanol–water partition coefficient (Wildman–Crippen LogP) is 5.90. The maximum Gasteiger partial charge on any atom is 0.0586 e. The Morgan fingerprint density at radius 1 is 0.895 bits per heavy atom. The lowest BCUT2D eigenvalue weighted by Gasteiger charge is -2.18. The number of aromatic nitrogens is 1. The summed E-state index contributed by atoms with van der Waals surface area (Å²) in [4.78, 5) is 4.09. The molecule has 0 aliphatic carbocycles. The molecular formula is C32H34N6. The van der Waals surface area contributed by atoms with E-state index < -0.39 is 0 Å². The van der Waals surface area contributed by atoms with Gasteiger partial charge in [0.2, 0.25) is 0 Å². The van der Waals surface area contributed by atoms with E-state index in [1.54, 1.807) is 23.6 Å². The van der Waals surface area contributed by atoms with E-state index in [0.29, 0.717) is 12.2 Å². The summed E-state index contributed by atoms with van der Waals surface area (Å²) in [5.41, 5.74) is 14.6. The van der Waals surface area contributed by atoms with Crippen LogP contribution in [0.5, 0.6) is 0 Å². The summed E-state index contributed by atoms with van der Waals surface area (Å²) in [6.45, 7) is 7.17. The van der Waals surface area contributed by atoms with Crippen LogP contribution in [0.4, 0.5) is 0 Å². The fraction of sp³-hybridized carbons (Fsp3) is 0.125. The molecule has 6 nitrogen and oxygen atoms in total. The second kappa shape index (κ2) is 13.0. The van der Waals surface area contributed by atoms with Crippen molar-refractivity contribution in [2.75, 3.05) is 6.54 Å². The number of hydrogen-bond acceptors (Lipinski definition) is 6. The van der Waals surface area contributed by atoms with Crippen molar-refractivity contribution in [2.45, 2.75) is 19.9 Å². The number of hydrogen-bond donors (Lipinski definition) is 2. The molecular weight excluding hydrogens is 468 g/mol. The van der Waals surface area contributed by atoms with Crippen LogP contribution in [0, 0.1) is 0 Å². The van der Waals surface area contributed by atoms with Crippen LogP contribution in [0.2, 0.25) is 0 Å². The van der Waals surface area contributed by atoms with Crippen LogP contribution in [0.3, 0.4) is 0 Å². The zero-order chi connectivity index (χ0) is 26.7. The first-order chi connectivity index (χ1) is 18.5. The molecule has 0 bridgehead atoms. The molecule has 4 rings (SSSR count). The van der Waals surface area contributed by atoms with Crippen molar-refractivity contribution in [3.8, 4) is 11.1 Å². The number of allylic oxidation sites excluding steroid dienone is 1. The van der Waals surface area contributed by atoms with Gasteiger partial charge in [0.1, 0.15) is 0 Å². The van der Waals surface area contributed by atoms with Gasteiger partial charge in [-0.1, -0.05) is 78.9 Å². The van der Waals surface area contributed by atoms with E-state index in [4.69, 9.17) is 11.6 Å². The van der Waals surface area contributed by atoms with E-state index in [0.717, 1.165) is 29.7 Å². The molecule has 0 atom stereocenters. The van der Waals surface area contributed by atoms with Crippen molar-refractivity contribution in [1.29, 1.82) is 0 Å². The highest BCUT2D eigenvalue weighted by molar-refractivity contribution is 5.80. The lowest BCUT2D eigenvalue weighted by molar-refractivity contribution is 0.387. The average Bonchev–Trinajstić information content (AvgIpc) is 2.96. The maximum absolute atomic E-state index is 6.16. The van der Waals surface area contributed by atoms with E-state index in [1.165, 1.54) is 22.3 Å². The molecule has 1 aromatic heterocycles. The molecule has 4 N–H and O–H groups in total. The van der Waals surface area contributed by atoms with E-state index >= 15 is 0 Å². The third-order valence-electron chi connectivity index (χ3n) is 6.28. The molecule has 0 unspecified atom stereocenters. The monoisotopic (exact) mass is 502 g/mol. The standard InChI is InChI=1S/C32H34N6/c1-25(30-12-6-7-13-31(30)28-9-4-3-5-10-28)22-38(35-2)20-18-26-14-16-27(17-15-26)23-37(34)24-32(33)29-11-8-19-36-21-29/h3-17,19,21-22,24H,2,18,20,23,33-34H2,1H3/b25-22+,32-24-. The minimum Gasteiger partial charge on any atom is -0.397 e. The van der Waals surface area contributed by atoms with E-state index in [9.17, 15) is 0 Å². The summed E-state index contributed by atoms with van der Waals surface area (Å²) in [7, 11) is 0. The van der Waals surface area contributed by atoms with Crippen LogP contribution in [-0.2, 0) is 13.0 Å². The Labute approximate surface area is 225 Å². The Hall–Kier alpha value is -4.68. The molecule has 0 radical (unpaired) electrons. The SMILES string of the molecule is C=NN(/C=C(\C)c1ccccc1-c1ccccc1)CCc1ccc(CN(N)/C=C(\N)c2cccnc2)cc1. The van der Waals surface area contributed by atoms with Crippen molar-refractivity contribution in [2.24, 2.45) is 16.7 Å². The molecule has 0 aliphatic heterocycles. The highest BCUT2D eigenvalue weighted by Gasteiger charge is 2.08. The molecule has 3 aromatic carbocycles. The lowest BCUT2D eigenvalue weighted by Crippen LogP contribution is -2.25. The van der Waals surface area contributed by atoms with Crippen LogP contribution in [0.25, 0.3) is 22.4 Å². The first kappa shape index (κ1) is 26.4. The largest absolute Gasteiger partial charge is 0.397 e. The van der Waals surface area contributed by atoms with E-state index in [1.807, 2.05) is 23.2 Å². The number of rotatable bonds is 11. The zero-order valence-corrected chi connectivity index (χ0v) is 21.7. The van der Waals surface area contributed by atoms with Crippen molar-refractivity contribution < 1.29 is 0 Å². The molecule has 0 saturated carbocycles. The Morgan fingerprint density at radius 2 is 1.61 bits per heavy atom. The van der Waals surface area contributed by atoms with Gasteiger partial charge >= 0.3 is 0 Å². The highest BCUT2D eigenvalue weighted by atomic mass is 15.4. The third-order valence-corrected chi connectivity index (χ3v) is 6.28. The molecule has 38 heavy (non-hydrogen) atoms. The average molecular weight is 503 g/mol. The van der Waals surface area contributed by atoms with Crippen LogP contribution in [0.15, 0.2) is 121 Å². The van der Waals surface area contributed by atoms with Gasteiger partial charge in [0.05, 0.1) is 12.2 Å². The second-order valence-corrected chi connectivity index (χ2v) is 9.09. The number of nitrogens with zero attached hydrogens (tertiary/aromatic N) is 4. The highest BCUT2D eigenvalue weighted by Crippen LogP contribution is 2.29. The van der Waals surface area contributed by atoms with Gasteiger partial charge in [0, 0.05) is 43.6 Å². The van der Waals surface area contributed by atoms with Crippen LogP contribution in [0.1, 0.15) is 29.2 Å². The van der Waals surface area contributed by atoms with E-state index in [-0.39, 0.29) is 0 Å². The van der Waals surface area contributed by atoms with E-state index in [2.05, 4.69) is 103 Å². The van der Waals surface area contributed by atoms with Crippen molar-refractivity contribution in [1.82, 2.24) is 15.0 Å². The number of hydrazine groups is 1. The zero-order valence-electron chi connectivity index (χ0n) is 21.7. The molecule has 0 amide bonds. The normalized spacial score (nSPS) is 11.7. The first-order valence-corrected chi connectivity index (χ1v) is 12.6. The summed E-state index contributed by atoms with van der Waals surface area (Å²) >= 11 is 0. The number of hydrazone groups is 1. The summed E-state index contributed by atoms with van der Waals surface area (Å²) in [6, 6.07) is 31.0. The molecule has 0 saturated heterocycles. The fourth-order valence-electron chi connectivity index (χ4n) is 4.26. The van der Waals surface area contributed by atoms with Gasteiger partial charge in [0.15, 0.2) is 0 Å². The Balaban J connectivity index is 1.36. The van der Waals surface area contributed by atoms with Crippen LogP contribution >= 0.6 is 0 Å². The van der Waals surface area contributed by atoms with Crippen LogP contribution in [-0.4, -0.2) is 28.3 Å². The smallest absolute Gasteiger partial charge is 0.0586 e. The number of nitrogens with two attached hydrogens (primary N) is 2. The molecule has 0 fully saturated rings. The second-order valence-electron chi connectivity index (χ2n) is 9.09. The molecule has 0 aliphatic rings. The lowest BCUT2D eigenvalue weighted by atomic mass is 9.96. The van der Waals surface area contributed by atoms with Crippen molar-refractivity contribution >= 4 is 18.0 Å². The predicted molar refractivity (Wildman–Crippen MR) is 158 cm³/mol. The van der Waals surface area contributed by atoms with Gasteiger partial charge in [-0.15, -0.1) is 0 Å².